The van der Waals surface area contributed by atoms with Crippen LogP contribution in [0.3, 0.4) is 0 Å². The second-order valence-corrected chi connectivity index (χ2v) is 5.37. The molecule has 1 aliphatic carbocycles. The van der Waals surface area contributed by atoms with Gasteiger partial charge in [-0.2, -0.15) is 0 Å². The van der Waals surface area contributed by atoms with Crippen LogP contribution in [0.15, 0.2) is 30.3 Å². The molecule has 0 bridgehead atoms. The number of rotatable bonds is 5. The van der Waals surface area contributed by atoms with Crippen LogP contribution in [0, 0.1) is 0 Å². The first kappa shape index (κ1) is 13.6. The average molecular weight is 261 g/mol. The van der Waals surface area contributed by atoms with Crippen molar-refractivity contribution in [3.8, 4) is 0 Å². The van der Waals surface area contributed by atoms with Crippen molar-refractivity contribution in [3.63, 3.8) is 0 Å². The van der Waals surface area contributed by atoms with E-state index in [2.05, 4.69) is 0 Å². The van der Waals surface area contributed by atoms with E-state index in [0.29, 0.717) is 0 Å². The van der Waals surface area contributed by atoms with Crippen molar-refractivity contribution in [2.75, 3.05) is 6.54 Å². The van der Waals surface area contributed by atoms with Crippen LogP contribution in [0.4, 0.5) is 0 Å². The van der Waals surface area contributed by atoms with E-state index >= 15 is 0 Å². The second-order valence-electron chi connectivity index (χ2n) is 5.37. The minimum Gasteiger partial charge on any atom is -0.480 e. The predicted octanol–water partition coefficient (Wildman–Crippen LogP) is 2.04. The molecule has 1 saturated carbocycles. The lowest BCUT2D eigenvalue weighted by atomic mass is 9.94. The largest absolute Gasteiger partial charge is 0.480 e. The van der Waals surface area contributed by atoms with Crippen molar-refractivity contribution in [2.45, 2.75) is 38.1 Å². The summed E-state index contributed by atoms with van der Waals surface area (Å²) in [6.07, 6.45) is 1.61. The monoisotopic (exact) mass is 261 g/mol. The third-order valence-electron chi connectivity index (χ3n) is 3.68. The third-order valence-corrected chi connectivity index (χ3v) is 3.68. The number of nitrogens with zero attached hydrogens (tertiary/aromatic N) is 1. The Morgan fingerprint density at radius 3 is 2.26 bits per heavy atom. The molecule has 0 saturated heterocycles. The van der Waals surface area contributed by atoms with Gasteiger partial charge in [0.2, 0.25) is 5.91 Å². The Morgan fingerprint density at radius 1 is 1.26 bits per heavy atom. The molecule has 0 aromatic heterocycles. The first-order chi connectivity index (χ1) is 8.97. The van der Waals surface area contributed by atoms with Crippen molar-refractivity contribution in [1.29, 1.82) is 0 Å². The molecule has 19 heavy (non-hydrogen) atoms. The Morgan fingerprint density at radius 2 is 1.84 bits per heavy atom. The zero-order valence-corrected chi connectivity index (χ0v) is 11.3. The summed E-state index contributed by atoms with van der Waals surface area (Å²) in [6.45, 7) is 3.47. The van der Waals surface area contributed by atoms with Gasteiger partial charge in [0.05, 0.1) is 5.41 Å². The van der Waals surface area contributed by atoms with Gasteiger partial charge in [0.15, 0.2) is 0 Å². The molecule has 1 aromatic rings. The highest BCUT2D eigenvalue weighted by molar-refractivity contribution is 5.93. The van der Waals surface area contributed by atoms with Gasteiger partial charge in [-0.3, -0.25) is 9.59 Å². The Hall–Kier alpha value is -1.84. The van der Waals surface area contributed by atoms with Crippen LogP contribution >= 0.6 is 0 Å². The SMILES string of the molecule is CC(C)N(CC(=O)O)C(=O)C1(c2ccccc2)CC1. The summed E-state index contributed by atoms with van der Waals surface area (Å²) in [6, 6.07) is 9.54. The van der Waals surface area contributed by atoms with Crippen LogP contribution in [-0.2, 0) is 15.0 Å². The minimum atomic E-state index is -0.967. The van der Waals surface area contributed by atoms with Crippen molar-refractivity contribution in [1.82, 2.24) is 4.90 Å². The number of hydrogen-bond acceptors (Lipinski definition) is 2. The van der Waals surface area contributed by atoms with E-state index in [1.165, 1.54) is 4.90 Å². The van der Waals surface area contributed by atoms with Gasteiger partial charge in [-0.15, -0.1) is 0 Å². The number of hydrogen-bond donors (Lipinski definition) is 1. The van der Waals surface area contributed by atoms with Crippen molar-refractivity contribution in [3.05, 3.63) is 35.9 Å². The maximum atomic E-state index is 12.7. The zero-order valence-electron chi connectivity index (χ0n) is 11.3. The molecule has 0 spiro atoms. The van der Waals surface area contributed by atoms with E-state index in [1.54, 1.807) is 0 Å². The first-order valence-electron chi connectivity index (χ1n) is 6.56. The molecule has 1 fully saturated rings. The summed E-state index contributed by atoms with van der Waals surface area (Å²) in [5.41, 5.74) is 0.511. The van der Waals surface area contributed by atoms with Gasteiger partial charge in [-0.25, -0.2) is 0 Å². The fourth-order valence-corrected chi connectivity index (χ4v) is 2.42. The van der Waals surface area contributed by atoms with E-state index in [4.69, 9.17) is 5.11 Å². The van der Waals surface area contributed by atoms with E-state index in [9.17, 15) is 9.59 Å². The van der Waals surface area contributed by atoms with Crippen LogP contribution in [0.2, 0.25) is 0 Å². The minimum absolute atomic E-state index is 0.0592. The van der Waals surface area contributed by atoms with E-state index in [-0.39, 0.29) is 18.5 Å². The molecule has 2 rings (SSSR count). The molecule has 0 unspecified atom stereocenters. The molecule has 1 amide bonds. The van der Waals surface area contributed by atoms with Gasteiger partial charge in [0.25, 0.3) is 0 Å². The lowest BCUT2D eigenvalue weighted by Crippen LogP contribution is -2.46. The molecule has 4 heteroatoms. The van der Waals surface area contributed by atoms with Crippen LogP contribution in [0.25, 0.3) is 0 Å². The molecule has 0 aliphatic heterocycles. The van der Waals surface area contributed by atoms with Crippen LogP contribution in [0.5, 0.6) is 0 Å². The first-order valence-corrected chi connectivity index (χ1v) is 6.56. The number of carboxylic acid groups (broad SMARTS) is 1. The number of benzene rings is 1. The Kier molecular flexibility index (Phi) is 3.60. The smallest absolute Gasteiger partial charge is 0.323 e. The predicted molar refractivity (Wildman–Crippen MR) is 71.8 cm³/mol. The number of carboxylic acids is 1. The lowest BCUT2D eigenvalue weighted by molar-refractivity contribution is -0.147. The quantitative estimate of drug-likeness (QED) is 0.882. The summed E-state index contributed by atoms with van der Waals surface area (Å²) in [5.74, 6) is -1.03. The fourth-order valence-electron chi connectivity index (χ4n) is 2.42. The topological polar surface area (TPSA) is 57.6 Å². The van der Waals surface area contributed by atoms with E-state index in [1.807, 2.05) is 44.2 Å². The Balaban J connectivity index is 2.25. The molecular weight excluding hydrogens is 242 g/mol. The highest BCUT2D eigenvalue weighted by atomic mass is 16.4. The van der Waals surface area contributed by atoms with E-state index < -0.39 is 11.4 Å². The highest BCUT2D eigenvalue weighted by Crippen LogP contribution is 2.49. The maximum Gasteiger partial charge on any atom is 0.323 e. The van der Waals surface area contributed by atoms with Gasteiger partial charge in [-0.05, 0) is 32.3 Å². The van der Waals surface area contributed by atoms with Gasteiger partial charge in [0, 0.05) is 6.04 Å². The standard InChI is InChI=1S/C15H19NO3/c1-11(2)16(10-13(17)18)14(19)15(8-9-15)12-6-4-3-5-7-12/h3-7,11H,8-10H2,1-2H3,(H,17,18). The van der Waals surface area contributed by atoms with E-state index in [0.717, 1.165) is 18.4 Å². The normalized spacial score (nSPS) is 16.2. The van der Waals surface area contributed by atoms with Crippen molar-refractivity contribution < 1.29 is 14.7 Å². The van der Waals surface area contributed by atoms with Crippen LogP contribution < -0.4 is 0 Å². The summed E-state index contributed by atoms with van der Waals surface area (Å²) in [4.78, 5) is 25.0. The summed E-state index contributed by atoms with van der Waals surface area (Å²) in [7, 11) is 0. The summed E-state index contributed by atoms with van der Waals surface area (Å²) >= 11 is 0. The molecule has 4 nitrogen and oxygen atoms in total. The molecule has 0 heterocycles. The number of carbonyl (C=O) groups excluding carboxylic acids is 1. The fraction of sp³-hybridized carbons (Fsp3) is 0.467. The molecule has 1 aliphatic rings. The Bertz CT molecular complexity index is 477. The Labute approximate surface area is 113 Å². The molecule has 0 radical (unpaired) electrons. The molecule has 0 atom stereocenters. The summed E-state index contributed by atoms with van der Waals surface area (Å²) < 4.78 is 0. The molecular formula is C15H19NO3. The van der Waals surface area contributed by atoms with Gasteiger partial charge < -0.3 is 10.0 Å². The average Bonchev–Trinajstić information content (AvgIpc) is 3.17. The van der Waals surface area contributed by atoms with Gasteiger partial charge in [-0.1, -0.05) is 30.3 Å². The second kappa shape index (κ2) is 5.03. The van der Waals surface area contributed by atoms with Gasteiger partial charge >= 0.3 is 5.97 Å². The number of aliphatic carboxylic acids is 1. The number of amides is 1. The molecule has 102 valence electrons. The van der Waals surface area contributed by atoms with Crippen molar-refractivity contribution >= 4 is 11.9 Å². The number of carbonyl (C=O) groups is 2. The lowest BCUT2D eigenvalue weighted by Gasteiger charge is -2.29. The van der Waals surface area contributed by atoms with Gasteiger partial charge in [0.1, 0.15) is 6.54 Å². The van der Waals surface area contributed by atoms with Crippen molar-refractivity contribution in [2.24, 2.45) is 0 Å². The summed E-state index contributed by atoms with van der Waals surface area (Å²) in [5, 5.41) is 8.94. The maximum absolute atomic E-state index is 12.7. The molecule has 1 N–H and O–H groups in total. The third kappa shape index (κ3) is 2.62. The zero-order chi connectivity index (χ0) is 14.0. The van der Waals surface area contributed by atoms with Crippen LogP contribution in [-0.4, -0.2) is 34.5 Å². The van der Waals surface area contributed by atoms with Crippen LogP contribution in [0.1, 0.15) is 32.3 Å². The molecule has 1 aromatic carbocycles. The highest BCUT2D eigenvalue weighted by Gasteiger charge is 2.53.